The van der Waals surface area contributed by atoms with Gasteiger partial charge in [-0.1, -0.05) is 30.3 Å². The highest BCUT2D eigenvalue weighted by atomic mass is 35.5. The minimum atomic E-state index is 0.0594. The molecule has 5 heteroatoms. The van der Waals surface area contributed by atoms with E-state index in [1.54, 1.807) is 18.9 Å². The fourth-order valence-corrected chi connectivity index (χ4v) is 3.36. The fraction of sp³-hybridized carbons (Fsp3) is 0.500. The Bertz CT molecular complexity index is 492. The molecule has 1 heterocycles. The Morgan fingerprint density at radius 1 is 1.53 bits per heavy atom. The lowest BCUT2D eigenvalue weighted by Crippen LogP contribution is -2.29. The largest absolute Gasteiger partial charge is 0.495 e. The quantitative estimate of drug-likeness (QED) is 0.896. The second-order valence-electron chi connectivity index (χ2n) is 4.84. The zero-order valence-electron chi connectivity index (χ0n) is 11.5. The number of hydrogen-bond donors (Lipinski definition) is 1. The molecule has 1 aliphatic heterocycles. The molecule has 2 rings (SSSR count). The summed E-state index contributed by atoms with van der Waals surface area (Å²) in [7, 11) is 1.61. The molecule has 0 aliphatic carbocycles. The van der Waals surface area contributed by atoms with Crippen molar-refractivity contribution in [2.24, 2.45) is 4.99 Å². The van der Waals surface area contributed by atoms with Crippen LogP contribution in [-0.4, -0.2) is 23.6 Å². The molecule has 3 nitrogen and oxygen atoms in total. The predicted octanol–water partition coefficient (Wildman–Crippen LogP) is 4.42. The summed E-state index contributed by atoms with van der Waals surface area (Å²) < 4.78 is 5.15. The summed E-state index contributed by atoms with van der Waals surface area (Å²) in [6.07, 6.45) is 2.19. The van der Waals surface area contributed by atoms with Crippen molar-refractivity contribution in [1.82, 2.24) is 0 Å². The van der Waals surface area contributed by atoms with E-state index in [1.807, 2.05) is 18.2 Å². The topological polar surface area (TPSA) is 33.6 Å². The van der Waals surface area contributed by atoms with Gasteiger partial charge < -0.3 is 10.1 Å². The van der Waals surface area contributed by atoms with E-state index >= 15 is 0 Å². The first-order valence-electron chi connectivity index (χ1n) is 6.39. The van der Waals surface area contributed by atoms with Crippen molar-refractivity contribution >= 4 is 34.2 Å². The molecular weight excluding hydrogens is 280 g/mol. The van der Waals surface area contributed by atoms with Crippen LogP contribution < -0.4 is 10.1 Å². The number of benzene rings is 1. The van der Waals surface area contributed by atoms with Gasteiger partial charge in [-0.3, -0.25) is 4.99 Å². The standard InChI is InChI=1S/C14H19ClN2OS/c1-4-14(2)7-8-19-13(17-14)16-10-5-6-12(18-3)11(15)9-10/h5-6,9H,4,7-8H2,1-3H3,(H,16,17). The Balaban J connectivity index is 2.15. The highest BCUT2D eigenvalue weighted by Crippen LogP contribution is 2.31. The van der Waals surface area contributed by atoms with E-state index in [2.05, 4.69) is 19.2 Å². The van der Waals surface area contributed by atoms with Crippen LogP contribution in [0, 0.1) is 0 Å². The fourth-order valence-electron chi connectivity index (χ4n) is 1.89. The highest BCUT2D eigenvalue weighted by Gasteiger charge is 2.25. The molecule has 1 unspecified atom stereocenters. The molecule has 1 aliphatic rings. The minimum absolute atomic E-state index is 0.0594. The van der Waals surface area contributed by atoms with Crippen LogP contribution in [0.25, 0.3) is 0 Å². The van der Waals surface area contributed by atoms with E-state index < -0.39 is 0 Å². The highest BCUT2D eigenvalue weighted by molar-refractivity contribution is 8.14. The molecule has 0 aromatic heterocycles. The lowest BCUT2D eigenvalue weighted by atomic mass is 9.97. The maximum absolute atomic E-state index is 6.12. The molecule has 0 spiro atoms. The van der Waals surface area contributed by atoms with Crippen LogP contribution in [0.5, 0.6) is 5.75 Å². The van der Waals surface area contributed by atoms with Gasteiger partial charge in [0.15, 0.2) is 5.17 Å². The predicted molar refractivity (Wildman–Crippen MR) is 84.8 cm³/mol. The van der Waals surface area contributed by atoms with Crippen LogP contribution in [0.3, 0.4) is 0 Å². The van der Waals surface area contributed by atoms with Crippen LogP contribution in [0.15, 0.2) is 23.2 Å². The molecule has 0 saturated heterocycles. The lowest BCUT2D eigenvalue weighted by molar-refractivity contribution is 0.415. The monoisotopic (exact) mass is 298 g/mol. The number of anilines is 1. The number of halogens is 1. The van der Waals surface area contributed by atoms with Gasteiger partial charge in [0.1, 0.15) is 5.75 Å². The number of amidine groups is 1. The molecule has 0 radical (unpaired) electrons. The van der Waals surface area contributed by atoms with Gasteiger partial charge in [-0.05, 0) is 38.0 Å². The molecule has 1 aromatic carbocycles. The van der Waals surface area contributed by atoms with E-state index in [1.165, 1.54) is 0 Å². The molecule has 0 bridgehead atoms. The van der Waals surface area contributed by atoms with Crippen molar-refractivity contribution < 1.29 is 4.74 Å². The van der Waals surface area contributed by atoms with Crippen LogP contribution in [0.1, 0.15) is 26.7 Å². The van der Waals surface area contributed by atoms with Gasteiger partial charge in [0, 0.05) is 11.4 Å². The van der Waals surface area contributed by atoms with Crippen LogP contribution in [0.2, 0.25) is 5.02 Å². The second-order valence-corrected chi connectivity index (χ2v) is 6.33. The first-order valence-corrected chi connectivity index (χ1v) is 7.76. The minimum Gasteiger partial charge on any atom is -0.495 e. The molecule has 1 N–H and O–H groups in total. The van der Waals surface area contributed by atoms with Gasteiger partial charge in [0.05, 0.1) is 17.7 Å². The van der Waals surface area contributed by atoms with Crippen molar-refractivity contribution in [3.8, 4) is 5.75 Å². The third-order valence-corrected chi connectivity index (χ3v) is 4.59. The van der Waals surface area contributed by atoms with Crippen LogP contribution in [0.4, 0.5) is 5.69 Å². The number of aliphatic imine (C=N–C) groups is 1. The summed E-state index contributed by atoms with van der Waals surface area (Å²) in [5.74, 6) is 1.78. The normalized spacial score (nSPS) is 22.8. The Morgan fingerprint density at radius 2 is 2.32 bits per heavy atom. The molecule has 19 heavy (non-hydrogen) atoms. The van der Waals surface area contributed by atoms with E-state index in [9.17, 15) is 0 Å². The third-order valence-electron chi connectivity index (χ3n) is 3.42. The van der Waals surface area contributed by atoms with Gasteiger partial charge in [-0.15, -0.1) is 0 Å². The number of hydrogen-bond acceptors (Lipinski definition) is 4. The average Bonchev–Trinajstić information content (AvgIpc) is 2.39. The van der Waals surface area contributed by atoms with Crippen LogP contribution >= 0.6 is 23.4 Å². The van der Waals surface area contributed by atoms with Gasteiger partial charge in [-0.25, -0.2) is 0 Å². The first kappa shape index (κ1) is 14.5. The maximum Gasteiger partial charge on any atom is 0.161 e. The molecule has 104 valence electrons. The van der Waals surface area contributed by atoms with E-state index in [0.29, 0.717) is 10.8 Å². The maximum atomic E-state index is 6.12. The number of methoxy groups -OCH3 is 1. The van der Waals surface area contributed by atoms with E-state index in [0.717, 1.165) is 29.4 Å². The number of rotatable bonds is 3. The van der Waals surface area contributed by atoms with E-state index in [-0.39, 0.29) is 5.54 Å². The second kappa shape index (κ2) is 6.06. The van der Waals surface area contributed by atoms with Crippen molar-refractivity contribution in [3.05, 3.63) is 23.2 Å². The summed E-state index contributed by atoms with van der Waals surface area (Å²) in [6.45, 7) is 4.39. The van der Waals surface area contributed by atoms with Gasteiger partial charge in [0.25, 0.3) is 0 Å². The Hall–Kier alpha value is -0.870. The van der Waals surface area contributed by atoms with Crippen molar-refractivity contribution in [3.63, 3.8) is 0 Å². The molecule has 0 saturated carbocycles. The summed E-state index contributed by atoms with van der Waals surface area (Å²) in [6, 6.07) is 5.67. The van der Waals surface area contributed by atoms with Crippen molar-refractivity contribution in [2.75, 3.05) is 18.2 Å². The summed E-state index contributed by atoms with van der Waals surface area (Å²) in [5, 5.41) is 4.91. The SMILES string of the molecule is CCC1(C)CCSC(Nc2ccc(OC)c(Cl)c2)=N1. The summed E-state index contributed by atoms with van der Waals surface area (Å²) in [5.41, 5.74) is 1.00. The molecule has 1 aromatic rings. The van der Waals surface area contributed by atoms with Gasteiger partial charge >= 0.3 is 0 Å². The molecular formula is C14H19ClN2OS. The van der Waals surface area contributed by atoms with Crippen molar-refractivity contribution in [1.29, 1.82) is 0 Å². The molecule has 0 amide bonds. The molecule has 0 fully saturated rings. The van der Waals surface area contributed by atoms with Crippen molar-refractivity contribution in [2.45, 2.75) is 32.2 Å². The zero-order valence-corrected chi connectivity index (χ0v) is 13.1. The Kier molecular flexibility index (Phi) is 4.63. The van der Waals surface area contributed by atoms with Gasteiger partial charge in [-0.2, -0.15) is 0 Å². The Morgan fingerprint density at radius 3 is 2.95 bits per heavy atom. The van der Waals surface area contributed by atoms with Crippen LogP contribution in [-0.2, 0) is 0 Å². The number of nitrogens with zero attached hydrogens (tertiary/aromatic N) is 1. The Labute approximate surface area is 123 Å². The summed E-state index contributed by atoms with van der Waals surface area (Å²) >= 11 is 7.87. The number of ether oxygens (including phenoxy) is 1. The third kappa shape index (κ3) is 3.57. The van der Waals surface area contributed by atoms with Gasteiger partial charge in [0.2, 0.25) is 0 Å². The first-order chi connectivity index (χ1) is 9.06. The lowest BCUT2D eigenvalue weighted by Gasteiger charge is -2.29. The molecule has 1 atom stereocenters. The average molecular weight is 299 g/mol. The van der Waals surface area contributed by atoms with E-state index in [4.69, 9.17) is 21.3 Å². The zero-order chi connectivity index (χ0) is 13.9. The smallest absolute Gasteiger partial charge is 0.161 e. The number of thioether (sulfide) groups is 1. The number of nitrogens with one attached hydrogen (secondary N) is 1. The summed E-state index contributed by atoms with van der Waals surface area (Å²) in [4.78, 5) is 4.79.